The molecule has 0 aliphatic carbocycles. The maximum Gasteiger partial charge on any atom is 0.293 e. The zero-order chi connectivity index (χ0) is 13.1. The van der Waals surface area contributed by atoms with Crippen LogP contribution in [0.15, 0.2) is 18.2 Å². The Balaban J connectivity index is 2.13. The Labute approximate surface area is 112 Å². The van der Waals surface area contributed by atoms with E-state index in [0.717, 1.165) is 12.8 Å². The molecule has 2 rings (SSSR count). The molecule has 18 heavy (non-hydrogen) atoms. The highest BCUT2D eigenvalue weighted by Gasteiger charge is 2.21. The van der Waals surface area contributed by atoms with Crippen molar-refractivity contribution in [3.63, 3.8) is 0 Å². The van der Waals surface area contributed by atoms with Gasteiger partial charge < -0.3 is 5.32 Å². The van der Waals surface area contributed by atoms with E-state index < -0.39 is 15.7 Å². The Morgan fingerprint density at radius 3 is 2.67 bits per heavy atom. The van der Waals surface area contributed by atoms with Crippen LogP contribution in [0.1, 0.15) is 12.8 Å². The number of nitro benzene ring substituents is 1. The van der Waals surface area contributed by atoms with Gasteiger partial charge in [0.25, 0.3) is 5.69 Å². The van der Waals surface area contributed by atoms with Gasteiger partial charge >= 0.3 is 0 Å². The molecule has 1 aromatic rings. The highest BCUT2D eigenvalue weighted by atomic mass is 35.5. The van der Waals surface area contributed by atoms with E-state index >= 15 is 0 Å². The van der Waals surface area contributed by atoms with Gasteiger partial charge in [-0.15, -0.1) is 0 Å². The average Bonchev–Trinajstić information content (AvgIpc) is 2.34. The first-order valence-electron chi connectivity index (χ1n) is 5.61. The van der Waals surface area contributed by atoms with Gasteiger partial charge in [-0.05, 0) is 25.0 Å². The smallest absolute Gasteiger partial charge is 0.293 e. The van der Waals surface area contributed by atoms with Crippen LogP contribution in [0.4, 0.5) is 11.4 Å². The summed E-state index contributed by atoms with van der Waals surface area (Å²) in [7, 11) is -0.732. The fourth-order valence-electron chi connectivity index (χ4n) is 1.94. The van der Waals surface area contributed by atoms with Gasteiger partial charge in [0.1, 0.15) is 5.69 Å². The minimum Gasteiger partial charge on any atom is -0.377 e. The third-order valence-corrected chi connectivity index (χ3v) is 4.52. The summed E-state index contributed by atoms with van der Waals surface area (Å²) in [5, 5.41) is 14.4. The average molecular weight is 289 g/mol. The minimum atomic E-state index is -0.732. The van der Waals surface area contributed by atoms with Gasteiger partial charge in [-0.3, -0.25) is 14.3 Å². The normalized spacial score (nSPS) is 23.6. The maximum absolute atomic E-state index is 11.2. The van der Waals surface area contributed by atoms with Crippen molar-refractivity contribution in [1.29, 1.82) is 0 Å². The minimum absolute atomic E-state index is 0.0193. The summed E-state index contributed by atoms with van der Waals surface area (Å²) in [6.07, 6.45) is 1.54. The van der Waals surface area contributed by atoms with Gasteiger partial charge in [0, 0.05) is 39.4 Å². The fourth-order valence-corrected chi connectivity index (χ4v) is 3.40. The number of nitrogens with one attached hydrogen (secondary N) is 1. The van der Waals surface area contributed by atoms with E-state index in [-0.39, 0.29) is 11.7 Å². The van der Waals surface area contributed by atoms with E-state index in [1.807, 2.05) is 0 Å². The van der Waals surface area contributed by atoms with Crippen LogP contribution in [0.3, 0.4) is 0 Å². The third-order valence-electron chi connectivity index (χ3n) is 2.90. The maximum atomic E-state index is 11.2. The van der Waals surface area contributed by atoms with Crippen LogP contribution in [0.2, 0.25) is 5.02 Å². The van der Waals surface area contributed by atoms with Crippen LogP contribution in [0, 0.1) is 10.1 Å². The van der Waals surface area contributed by atoms with Gasteiger partial charge in [-0.1, -0.05) is 11.6 Å². The van der Waals surface area contributed by atoms with E-state index in [2.05, 4.69) is 5.32 Å². The van der Waals surface area contributed by atoms with Crippen molar-refractivity contribution in [2.24, 2.45) is 0 Å². The number of hydrogen-bond donors (Lipinski definition) is 1. The summed E-state index contributed by atoms with van der Waals surface area (Å²) >= 11 is 5.75. The van der Waals surface area contributed by atoms with E-state index in [1.54, 1.807) is 12.1 Å². The lowest BCUT2D eigenvalue weighted by atomic mass is 10.1. The highest BCUT2D eigenvalue weighted by molar-refractivity contribution is 7.85. The van der Waals surface area contributed by atoms with Crippen LogP contribution in [-0.4, -0.2) is 26.7 Å². The monoisotopic (exact) mass is 288 g/mol. The van der Waals surface area contributed by atoms with Crippen molar-refractivity contribution in [3.05, 3.63) is 33.3 Å². The SMILES string of the molecule is O=[N+]([O-])c1cc(Cl)ccc1NC1CCS(=O)CC1. The predicted octanol–water partition coefficient (Wildman–Crippen LogP) is 2.57. The zero-order valence-electron chi connectivity index (χ0n) is 9.60. The molecule has 0 spiro atoms. The number of nitro groups is 1. The lowest BCUT2D eigenvalue weighted by molar-refractivity contribution is -0.384. The molecule has 1 aromatic carbocycles. The van der Waals surface area contributed by atoms with E-state index in [9.17, 15) is 14.3 Å². The Hall–Kier alpha value is -1.14. The van der Waals surface area contributed by atoms with Gasteiger partial charge in [-0.2, -0.15) is 0 Å². The number of halogens is 1. The second-order valence-electron chi connectivity index (χ2n) is 4.19. The Bertz CT molecular complexity index is 485. The summed E-state index contributed by atoms with van der Waals surface area (Å²) in [4.78, 5) is 10.5. The second kappa shape index (κ2) is 5.67. The lowest BCUT2D eigenvalue weighted by Gasteiger charge is -2.23. The first-order chi connectivity index (χ1) is 8.56. The Morgan fingerprint density at radius 2 is 2.06 bits per heavy atom. The summed E-state index contributed by atoms with van der Waals surface area (Å²) in [5.74, 6) is 1.30. The predicted molar refractivity (Wildman–Crippen MR) is 72.6 cm³/mol. The molecular weight excluding hydrogens is 276 g/mol. The van der Waals surface area contributed by atoms with E-state index in [1.165, 1.54) is 6.07 Å². The number of benzene rings is 1. The molecule has 1 fully saturated rings. The molecule has 5 nitrogen and oxygen atoms in total. The third kappa shape index (κ3) is 3.20. The van der Waals surface area contributed by atoms with Crippen LogP contribution < -0.4 is 5.32 Å². The molecule has 0 unspecified atom stereocenters. The van der Waals surface area contributed by atoms with Gasteiger partial charge in [0.05, 0.1) is 4.92 Å². The van der Waals surface area contributed by atoms with Crippen LogP contribution in [0.25, 0.3) is 0 Å². The molecule has 0 amide bonds. The molecule has 0 atom stereocenters. The molecule has 98 valence electrons. The summed E-state index contributed by atoms with van der Waals surface area (Å²) in [6, 6.07) is 4.72. The molecule has 1 aliphatic heterocycles. The number of hydrogen-bond acceptors (Lipinski definition) is 4. The van der Waals surface area contributed by atoms with Crippen LogP contribution in [-0.2, 0) is 10.8 Å². The number of nitrogens with zero attached hydrogens (tertiary/aromatic N) is 1. The molecule has 1 N–H and O–H groups in total. The molecule has 0 aromatic heterocycles. The Kier molecular flexibility index (Phi) is 4.19. The highest BCUT2D eigenvalue weighted by Crippen LogP contribution is 2.29. The molecular formula is C11H13ClN2O3S. The van der Waals surface area contributed by atoms with Crippen molar-refractivity contribution in [1.82, 2.24) is 0 Å². The van der Waals surface area contributed by atoms with Crippen molar-refractivity contribution >= 4 is 33.8 Å². The van der Waals surface area contributed by atoms with Crippen molar-refractivity contribution in [2.45, 2.75) is 18.9 Å². The van der Waals surface area contributed by atoms with Crippen LogP contribution >= 0.6 is 11.6 Å². The van der Waals surface area contributed by atoms with Gasteiger partial charge in [0.15, 0.2) is 0 Å². The summed E-state index contributed by atoms with van der Waals surface area (Å²) in [6.45, 7) is 0. The molecule has 1 saturated heterocycles. The molecule has 1 heterocycles. The van der Waals surface area contributed by atoms with Gasteiger partial charge in [-0.25, -0.2) is 0 Å². The molecule has 1 aliphatic rings. The van der Waals surface area contributed by atoms with Crippen molar-refractivity contribution in [3.8, 4) is 0 Å². The van der Waals surface area contributed by atoms with Gasteiger partial charge in [0.2, 0.25) is 0 Å². The summed E-state index contributed by atoms with van der Waals surface area (Å²) in [5.41, 5.74) is 0.455. The van der Waals surface area contributed by atoms with E-state index in [4.69, 9.17) is 11.6 Å². The quantitative estimate of drug-likeness (QED) is 0.685. The molecule has 0 radical (unpaired) electrons. The second-order valence-corrected chi connectivity index (χ2v) is 6.32. The molecule has 0 saturated carbocycles. The lowest BCUT2D eigenvalue weighted by Crippen LogP contribution is -2.29. The topological polar surface area (TPSA) is 72.2 Å². The summed E-state index contributed by atoms with van der Waals surface area (Å²) < 4.78 is 11.2. The number of anilines is 1. The molecule has 0 bridgehead atoms. The first kappa shape index (κ1) is 13.3. The number of rotatable bonds is 3. The largest absolute Gasteiger partial charge is 0.377 e. The van der Waals surface area contributed by atoms with Crippen molar-refractivity contribution in [2.75, 3.05) is 16.8 Å². The van der Waals surface area contributed by atoms with Crippen LogP contribution in [0.5, 0.6) is 0 Å². The molecule has 7 heteroatoms. The standard InChI is InChI=1S/C11H13ClN2O3S/c12-8-1-2-10(11(7-8)14(15)16)13-9-3-5-18(17)6-4-9/h1-2,7,9,13H,3-6H2. The van der Waals surface area contributed by atoms with E-state index in [0.29, 0.717) is 22.2 Å². The zero-order valence-corrected chi connectivity index (χ0v) is 11.2. The first-order valence-corrected chi connectivity index (χ1v) is 7.48. The van der Waals surface area contributed by atoms with Crippen molar-refractivity contribution < 1.29 is 9.13 Å². The Morgan fingerprint density at radius 1 is 1.39 bits per heavy atom. The fraction of sp³-hybridized carbons (Fsp3) is 0.455.